The molecule has 0 aliphatic carbocycles. The fraction of sp³-hybridized carbons (Fsp3) is 0.650. The Labute approximate surface area is 146 Å². The topological polar surface area (TPSA) is 44.4 Å². The highest BCUT2D eigenvalue weighted by molar-refractivity contribution is 5.76. The van der Waals surface area contributed by atoms with Crippen LogP contribution in [0.2, 0.25) is 0 Å². The summed E-state index contributed by atoms with van der Waals surface area (Å²) in [6.07, 6.45) is 5.09. The van der Waals surface area contributed by atoms with Gasteiger partial charge in [-0.1, -0.05) is 24.3 Å². The number of amides is 1. The van der Waals surface area contributed by atoms with E-state index in [9.17, 15) is 4.79 Å². The highest BCUT2D eigenvalue weighted by Gasteiger charge is 2.22. The van der Waals surface area contributed by atoms with Crippen molar-refractivity contribution in [3.05, 3.63) is 35.4 Å². The summed E-state index contributed by atoms with van der Waals surface area (Å²) in [6, 6.07) is 8.99. The van der Waals surface area contributed by atoms with Crippen molar-refractivity contribution in [2.24, 2.45) is 5.92 Å². The predicted molar refractivity (Wildman–Crippen MR) is 97.8 cm³/mol. The average molecular weight is 329 g/mol. The van der Waals surface area contributed by atoms with Gasteiger partial charge in [0.1, 0.15) is 0 Å². The van der Waals surface area contributed by atoms with E-state index in [4.69, 9.17) is 0 Å². The van der Waals surface area contributed by atoms with Gasteiger partial charge in [-0.2, -0.15) is 0 Å². The SMILES string of the molecule is Cc1ccccc1CN1CCC(NC(=O)CCC2CCNC2)CC1. The normalized spacial score (nSPS) is 22.6. The predicted octanol–water partition coefficient (Wildman–Crippen LogP) is 2.47. The van der Waals surface area contributed by atoms with E-state index in [1.165, 1.54) is 17.5 Å². The zero-order valence-electron chi connectivity index (χ0n) is 14.9. The van der Waals surface area contributed by atoms with Crippen molar-refractivity contribution in [2.45, 2.75) is 51.6 Å². The highest BCUT2D eigenvalue weighted by Crippen LogP contribution is 2.17. The number of hydrogen-bond acceptors (Lipinski definition) is 3. The van der Waals surface area contributed by atoms with E-state index in [2.05, 4.69) is 46.7 Å². The van der Waals surface area contributed by atoms with Crippen molar-refractivity contribution in [2.75, 3.05) is 26.2 Å². The molecule has 4 nitrogen and oxygen atoms in total. The molecule has 0 aromatic heterocycles. The molecule has 1 unspecified atom stereocenters. The Morgan fingerprint density at radius 3 is 2.75 bits per heavy atom. The first-order valence-corrected chi connectivity index (χ1v) is 9.47. The number of nitrogens with zero attached hydrogens (tertiary/aromatic N) is 1. The van der Waals surface area contributed by atoms with E-state index in [1.807, 2.05) is 0 Å². The molecule has 2 N–H and O–H groups in total. The van der Waals surface area contributed by atoms with E-state index in [0.29, 0.717) is 18.4 Å². The lowest BCUT2D eigenvalue weighted by Crippen LogP contribution is -2.44. The van der Waals surface area contributed by atoms with Crippen molar-refractivity contribution < 1.29 is 4.79 Å². The molecule has 2 fully saturated rings. The molecule has 2 aliphatic heterocycles. The van der Waals surface area contributed by atoms with Crippen LogP contribution in [-0.4, -0.2) is 43.0 Å². The molecule has 2 aliphatic rings. The van der Waals surface area contributed by atoms with Crippen LogP contribution in [0, 0.1) is 12.8 Å². The molecule has 1 aromatic rings. The molecule has 4 heteroatoms. The van der Waals surface area contributed by atoms with Crippen molar-refractivity contribution in [3.63, 3.8) is 0 Å². The number of carbonyl (C=O) groups excluding carboxylic acids is 1. The van der Waals surface area contributed by atoms with Gasteiger partial charge in [0, 0.05) is 32.1 Å². The summed E-state index contributed by atoms with van der Waals surface area (Å²) in [4.78, 5) is 14.6. The summed E-state index contributed by atoms with van der Waals surface area (Å²) in [5.41, 5.74) is 2.79. The highest BCUT2D eigenvalue weighted by atomic mass is 16.1. The maximum absolute atomic E-state index is 12.1. The summed E-state index contributed by atoms with van der Waals surface area (Å²) >= 11 is 0. The van der Waals surface area contributed by atoms with E-state index in [-0.39, 0.29) is 5.91 Å². The quantitative estimate of drug-likeness (QED) is 0.843. The Morgan fingerprint density at radius 1 is 1.25 bits per heavy atom. The second-order valence-electron chi connectivity index (χ2n) is 7.44. The average Bonchev–Trinajstić information content (AvgIpc) is 3.10. The third-order valence-corrected chi connectivity index (χ3v) is 5.55. The zero-order chi connectivity index (χ0) is 16.8. The number of piperidine rings is 1. The first-order valence-electron chi connectivity index (χ1n) is 9.47. The van der Waals surface area contributed by atoms with E-state index < -0.39 is 0 Å². The summed E-state index contributed by atoms with van der Waals surface area (Å²) in [5, 5.41) is 6.62. The minimum atomic E-state index is 0.249. The second-order valence-corrected chi connectivity index (χ2v) is 7.44. The number of nitrogens with one attached hydrogen (secondary N) is 2. The van der Waals surface area contributed by atoms with Gasteiger partial charge < -0.3 is 10.6 Å². The molecule has 1 aromatic carbocycles. The first-order chi connectivity index (χ1) is 11.7. The van der Waals surface area contributed by atoms with Gasteiger partial charge in [0.2, 0.25) is 5.91 Å². The second kappa shape index (κ2) is 8.63. The van der Waals surface area contributed by atoms with Crippen LogP contribution in [0.3, 0.4) is 0 Å². The fourth-order valence-corrected chi connectivity index (χ4v) is 3.86. The van der Waals surface area contributed by atoms with Gasteiger partial charge in [0.05, 0.1) is 0 Å². The molecule has 2 saturated heterocycles. The molecule has 0 radical (unpaired) electrons. The molecule has 24 heavy (non-hydrogen) atoms. The number of benzene rings is 1. The van der Waals surface area contributed by atoms with E-state index in [0.717, 1.165) is 52.0 Å². The van der Waals surface area contributed by atoms with E-state index >= 15 is 0 Å². The molecule has 0 saturated carbocycles. The molecular weight excluding hydrogens is 298 g/mol. The summed E-state index contributed by atoms with van der Waals surface area (Å²) in [5.74, 6) is 0.950. The van der Waals surface area contributed by atoms with Gasteiger partial charge in [0.15, 0.2) is 0 Å². The minimum Gasteiger partial charge on any atom is -0.353 e. The minimum absolute atomic E-state index is 0.249. The Bertz CT molecular complexity index is 531. The lowest BCUT2D eigenvalue weighted by Gasteiger charge is -2.32. The Balaban J connectivity index is 1.35. The van der Waals surface area contributed by atoms with Crippen molar-refractivity contribution in [3.8, 4) is 0 Å². The Hall–Kier alpha value is -1.39. The third-order valence-electron chi connectivity index (χ3n) is 5.55. The zero-order valence-corrected chi connectivity index (χ0v) is 14.9. The molecule has 132 valence electrons. The van der Waals surface area contributed by atoms with Crippen LogP contribution in [0.1, 0.15) is 43.2 Å². The van der Waals surface area contributed by atoms with Crippen molar-refractivity contribution in [1.29, 1.82) is 0 Å². The maximum atomic E-state index is 12.1. The standard InChI is InChI=1S/C20H31N3O/c1-16-4-2-3-5-18(16)15-23-12-9-19(10-13-23)22-20(24)7-6-17-8-11-21-14-17/h2-5,17,19,21H,6-15H2,1H3,(H,22,24). The smallest absolute Gasteiger partial charge is 0.220 e. The first kappa shape index (κ1) is 17.4. The van der Waals surface area contributed by atoms with Gasteiger partial charge in [-0.25, -0.2) is 0 Å². The summed E-state index contributed by atoms with van der Waals surface area (Å²) in [7, 11) is 0. The summed E-state index contributed by atoms with van der Waals surface area (Å²) in [6.45, 7) is 7.57. The number of aryl methyl sites for hydroxylation is 1. The van der Waals surface area contributed by atoms with Crippen LogP contribution >= 0.6 is 0 Å². The number of likely N-dealkylation sites (tertiary alicyclic amines) is 1. The largest absolute Gasteiger partial charge is 0.353 e. The van der Waals surface area contributed by atoms with Gasteiger partial charge in [-0.3, -0.25) is 9.69 Å². The molecule has 0 spiro atoms. The summed E-state index contributed by atoms with van der Waals surface area (Å²) < 4.78 is 0. The third kappa shape index (κ3) is 5.05. The van der Waals surface area contributed by atoms with Gasteiger partial charge in [0.25, 0.3) is 0 Å². The molecule has 3 rings (SSSR count). The molecule has 1 atom stereocenters. The van der Waals surface area contributed by atoms with Crippen molar-refractivity contribution >= 4 is 5.91 Å². The van der Waals surface area contributed by atoms with Crippen LogP contribution < -0.4 is 10.6 Å². The Kier molecular flexibility index (Phi) is 6.27. The van der Waals surface area contributed by atoms with Crippen LogP contribution in [0.4, 0.5) is 0 Å². The van der Waals surface area contributed by atoms with Crippen LogP contribution in [0.5, 0.6) is 0 Å². The monoisotopic (exact) mass is 329 g/mol. The van der Waals surface area contributed by atoms with Crippen LogP contribution in [-0.2, 0) is 11.3 Å². The molecule has 0 bridgehead atoms. The van der Waals surface area contributed by atoms with Crippen molar-refractivity contribution in [1.82, 2.24) is 15.5 Å². The molecule has 2 heterocycles. The number of rotatable bonds is 6. The van der Waals surface area contributed by atoms with Gasteiger partial charge in [-0.05, 0) is 62.7 Å². The molecule has 1 amide bonds. The lowest BCUT2D eigenvalue weighted by atomic mass is 10.0. The van der Waals surface area contributed by atoms with Crippen LogP contribution in [0.15, 0.2) is 24.3 Å². The van der Waals surface area contributed by atoms with E-state index in [1.54, 1.807) is 0 Å². The number of carbonyl (C=O) groups is 1. The lowest BCUT2D eigenvalue weighted by molar-refractivity contribution is -0.122. The molecular formula is C20H31N3O. The van der Waals surface area contributed by atoms with Crippen LogP contribution in [0.25, 0.3) is 0 Å². The van der Waals surface area contributed by atoms with Gasteiger partial charge >= 0.3 is 0 Å². The Morgan fingerprint density at radius 2 is 2.04 bits per heavy atom. The van der Waals surface area contributed by atoms with Gasteiger partial charge in [-0.15, -0.1) is 0 Å². The fourth-order valence-electron chi connectivity index (χ4n) is 3.86. The maximum Gasteiger partial charge on any atom is 0.220 e. The number of hydrogen-bond donors (Lipinski definition) is 2.